The van der Waals surface area contributed by atoms with E-state index in [2.05, 4.69) is 15.0 Å². The zero-order chi connectivity index (χ0) is 21.6. The summed E-state index contributed by atoms with van der Waals surface area (Å²) in [6.45, 7) is 4.00. The van der Waals surface area contributed by atoms with Crippen LogP contribution >= 0.6 is 11.3 Å². The number of alkyl halides is 6. The summed E-state index contributed by atoms with van der Waals surface area (Å²) >= 11 is 0.398. The lowest BCUT2D eigenvalue weighted by Gasteiger charge is -2.40. The molecule has 0 N–H and O–H groups in total. The van der Waals surface area contributed by atoms with E-state index in [1.165, 1.54) is 6.92 Å². The van der Waals surface area contributed by atoms with Crippen molar-refractivity contribution in [3.05, 3.63) is 23.2 Å². The molecule has 0 aromatic carbocycles. The van der Waals surface area contributed by atoms with E-state index >= 15 is 0 Å². The minimum Gasteiger partial charge on any atom is -0.358 e. The number of halogens is 6. The van der Waals surface area contributed by atoms with Gasteiger partial charge in [0.05, 0.1) is 0 Å². The molecule has 0 aliphatic carbocycles. The molecule has 1 aliphatic rings. The fourth-order valence-corrected chi connectivity index (χ4v) is 4.03. The molecule has 13 heteroatoms. The number of nitrogens with zero attached hydrogens (tertiary/aromatic N) is 5. The number of rotatable bonds is 2. The molecule has 1 amide bonds. The Hall–Kier alpha value is -2.44. The van der Waals surface area contributed by atoms with Crippen molar-refractivity contribution < 1.29 is 31.1 Å². The van der Waals surface area contributed by atoms with Gasteiger partial charge in [-0.3, -0.25) is 4.79 Å². The Kier molecular flexibility index (Phi) is 5.45. The largest absolute Gasteiger partial charge is 0.451 e. The maximum absolute atomic E-state index is 13.2. The average Bonchev–Trinajstić information content (AvgIpc) is 3.06. The van der Waals surface area contributed by atoms with E-state index in [-0.39, 0.29) is 41.3 Å². The highest BCUT2D eigenvalue weighted by molar-refractivity contribution is 7.16. The van der Waals surface area contributed by atoms with Crippen LogP contribution in [0.4, 0.5) is 31.3 Å². The van der Waals surface area contributed by atoms with Gasteiger partial charge >= 0.3 is 12.4 Å². The minimum atomic E-state index is -4.76. The molecular formula is C16H15F6N5OS. The molecule has 0 bridgehead atoms. The van der Waals surface area contributed by atoms with Crippen LogP contribution in [0.25, 0.3) is 11.3 Å². The molecule has 3 heterocycles. The first-order chi connectivity index (χ1) is 13.4. The molecule has 1 aliphatic heterocycles. The Balaban J connectivity index is 1.99. The lowest BCUT2D eigenvalue weighted by Crippen LogP contribution is -2.53. The standard InChI is InChI=1S/C16H15F6N5OS/c1-8-7-26(3-4-27(8)9(2)28)12-11(25-14(29-12)16(20,21)22)10-5-23-13(24-6-10)15(17,18)19/h5-6,8H,3-4,7H2,1-2H3/t8-/m1/s1. The first kappa shape index (κ1) is 21.3. The summed E-state index contributed by atoms with van der Waals surface area (Å²) in [7, 11) is 0. The summed E-state index contributed by atoms with van der Waals surface area (Å²) in [5.41, 5.74) is -0.194. The van der Waals surface area contributed by atoms with Crippen molar-refractivity contribution in [1.82, 2.24) is 19.9 Å². The minimum absolute atomic E-state index is 0.0543. The molecule has 3 rings (SSSR count). The molecule has 6 nitrogen and oxygen atoms in total. The number of hydrogen-bond acceptors (Lipinski definition) is 6. The van der Waals surface area contributed by atoms with Gasteiger partial charge < -0.3 is 9.80 Å². The third kappa shape index (κ3) is 4.43. The summed E-state index contributed by atoms with van der Waals surface area (Å²) in [5.74, 6) is -1.54. The molecule has 1 atom stereocenters. The van der Waals surface area contributed by atoms with Gasteiger partial charge in [0.1, 0.15) is 10.7 Å². The third-order valence-electron chi connectivity index (χ3n) is 4.35. The quantitative estimate of drug-likeness (QED) is 0.668. The van der Waals surface area contributed by atoms with Crippen molar-refractivity contribution in [1.29, 1.82) is 0 Å². The highest BCUT2D eigenvalue weighted by atomic mass is 32.1. The van der Waals surface area contributed by atoms with Crippen molar-refractivity contribution in [3.8, 4) is 11.3 Å². The highest BCUT2D eigenvalue weighted by Gasteiger charge is 2.39. The van der Waals surface area contributed by atoms with Gasteiger partial charge in [-0.15, -0.1) is 0 Å². The first-order valence-corrected chi connectivity index (χ1v) is 9.19. The van der Waals surface area contributed by atoms with Gasteiger partial charge in [0, 0.05) is 50.6 Å². The van der Waals surface area contributed by atoms with Crippen LogP contribution in [-0.2, 0) is 17.1 Å². The summed E-state index contributed by atoms with van der Waals surface area (Å²) in [5, 5.41) is -0.972. The van der Waals surface area contributed by atoms with E-state index in [0.29, 0.717) is 17.9 Å². The lowest BCUT2D eigenvalue weighted by molar-refractivity contribution is -0.145. The summed E-state index contributed by atoms with van der Waals surface area (Å²) in [6.07, 6.45) is -7.86. The van der Waals surface area contributed by atoms with Crippen LogP contribution in [0, 0.1) is 0 Å². The maximum Gasteiger partial charge on any atom is 0.451 e. The number of aromatic nitrogens is 3. The van der Waals surface area contributed by atoms with E-state index in [9.17, 15) is 31.1 Å². The lowest BCUT2D eigenvalue weighted by atomic mass is 10.1. The van der Waals surface area contributed by atoms with Crippen molar-refractivity contribution in [3.63, 3.8) is 0 Å². The van der Waals surface area contributed by atoms with Crippen molar-refractivity contribution in [2.24, 2.45) is 0 Å². The molecule has 0 spiro atoms. The van der Waals surface area contributed by atoms with Gasteiger partial charge in [-0.1, -0.05) is 11.3 Å². The molecule has 1 saturated heterocycles. The van der Waals surface area contributed by atoms with E-state index in [4.69, 9.17) is 0 Å². The monoisotopic (exact) mass is 439 g/mol. The Morgan fingerprint density at radius 3 is 2.21 bits per heavy atom. The van der Waals surface area contributed by atoms with Gasteiger partial charge in [-0.25, -0.2) is 15.0 Å². The normalized spacial score (nSPS) is 18.3. The fraction of sp³-hybridized carbons (Fsp3) is 0.500. The van der Waals surface area contributed by atoms with Gasteiger partial charge in [0.2, 0.25) is 16.7 Å². The molecule has 158 valence electrons. The second-order valence-corrected chi connectivity index (χ2v) is 7.45. The first-order valence-electron chi connectivity index (χ1n) is 8.37. The highest BCUT2D eigenvalue weighted by Crippen LogP contribution is 2.43. The number of carbonyl (C=O) groups excluding carboxylic acids is 1. The number of amides is 1. The van der Waals surface area contributed by atoms with Crippen LogP contribution in [-0.4, -0.2) is 51.4 Å². The molecule has 0 saturated carbocycles. The average molecular weight is 439 g/mol. The molecule has 1 fully saturated rings. The number of thiazole rings is 1. The predicted molar refractivity (Wildman–Crippen MR) is 92.2 cm³/mol. The van der Waals surface area contributed by atoms with E-state index < -0.39 is 23.2 Å². The van der Waals surface area contributed by atoms with Crippen molar-refractivity contribution in [2.45, 2.75) is 32.2 Å². The molecule has 29 heavy (non-hydrogen) atoms. The zero-order valence-corrected chi connectivity index (χ0v) is 16.0. The Morgan fingerprint density at radius 1 is 1.10 bits per heavy atom. The summed E-state index contributed by atoms with van der Waals surface area (Å²) < 4.78 is 77.7. The Bertz CT molecular complexity index is 895. The SMILES string of the molecule is CC(=O)N1CCN(c2sc(C(F)(F)F)nc2-c2cnc(C(F)(F)F)nc2)C[C@H]1C. The van der Waals surface area contributed by atoms with Crippen LogP contribution < -0.4 is 4.90 Å². The number of hydrogen-bond donors (Lipinski definition) is 0. The van der Waals surface area contributed by atoms with E-state index in [0.717, 1.165) is 12.4 Å². The molecule has 0 unspecified atom stereocenters. The third-order valence-corrected chi connectivity index (χ3v) is 5.51. The molecule has 2 aromatic heterocycles. The Morgan fingerprint density at radius 2 is 1.72 bits per heavy atom. The maximum atomic E-state index is 13.2. The number of anilines is 1. The zero-order valence-electron chi connectivity index (χ0n) is 15.2. The van der Waals surface area contributed by atoms with Crippen LogP contribution in [0.15, 0.2) is 12.4 Å². The van der Waals surface area contributed by atoms with Gasteiger partial charge in [-0.05, 0) is 6.92 Å². The van der Waals surface area contributed by atoms with E-state index in [1.54, 1.807) is 16.7 Å². The van der Waals surface area contributed by atoms with Crippen LogP contribution in [0.2, 0.25) is 0 Å². The molecular weight excluding hydrogens is 424 g/mol. The van der Waals surface area contributed by atoms with Gasteiger partial charge in [0.25, 0.3) is 0 Å². The Labute approximate surface area is 165 Å². The number of carbonyl (C=O) groups is 1. The topological polar surface area (TPSA) is 62.2 Å². The van der Waals surface area contributed by atoms with E-state index in [1.807, 2.05) is 0 Å². The van der Waals surface area contributed by atoms with Crippen LogP contribution in [0.5, 0.6) is 0 Å². The fourth-order valence-electron chi connectivity index (χ4n) is 3.04. The second kappa shape index (κ2) is 7.43. The van der Waals surface area contributed by atoms with Crippen molar-refractivity contribution >= 4 is 22.2 Å². The molecule has 2 aromatic rings. The molecule has 0 radical (unpaired) electrons. The summed E-state index contributed by atoms with van der Waals surface area (Å²) in [4.78, 5) is 24.9. The van der Waals surface area contributed by atoms with Crippen LogP contribution in [0.1, 0.15) is 24.7 Å². The smallest absolute Gasteiger partial charge is 0.358 e. The number of piperazine rings is 1. The van der Waals surface area contributed by atoms with Gasteiger partial charge in [0.15, 0.2) is 0 Å². The van der Waals surface area contributed by atoms with Gasteiger partial charge in [-0.2, -0.15) is 26.3 Å². The van der Waals surface area contributed by atoms with Crippen molar-refractivity contribution in [2.75, 3.05) is 24.5 Å². The predicted octanol–water partition coefficient (Wildman–Crippen LogP) is 3.69. The summed E-state index contributed by atoms with van der Waals surface area (Å²) in [6, 6.07) is -0.255. The second-order valence-electron chi connectivity index (χ2n) is 6.47. The van der Waals surface area contributed by atoms with Crippen LogP contribution in [0.3, 0.4) is 0 Å².